The Morgan fingerprint density at radius 3 is 1.64 bits per heavy atom. The topological polar surface area (TPSA) is 91.2 Å². The fourth-order valence-electron chi connectivity index (χ4n) is 5.77. The van der Waals surface area contributed by atoms with Crippen molar-refractivity contribution in [1.29, 1.82) is 0 Å². The highest BCUT2D eigenvalue weighted by molar-refractivity contribution is 7.19. The van der Waals surface area contributed by atoms with Crippen molar-refractivity contribution in [3.8, 4) is 0 Å². The Labute approximate surface area is 273 Å². The molecule has 236 valence electrons. The lowest BCUT2D eigenvalue weighted by atomic mass is 9.79. The van der Waals surface area contributed by atoms with Gasteiger partial charge in [-0.25, -0.2) is 9.97 Å². The van der Waals surface area contributed by atoms with Crippen LogP contribution in [0, 0.1) is 0 Å². The number of benzene rings is 2. The van der Waals surface area contributed by atoms with Crippen molar-refractivity contribution < 1.29 is 19.5 Å². The van der Waals surface area contributed by atoms with Gasteiger partial charge >= 0.3 is 7.12 Å². The van der Waals surface area contributed by atoms with Crippen molar-refractivity contribution in [2.75, 3.05) is 40.3 Å². The second-order valence-corrected chi connectivity index (χ2v) is 16.1. The number of likely N-dealkylation sites (tertiary alicyclic amines) is 2. The van der Waals surface area contributed by atoms with Gasteiger partial charge in [-0.2, -0.15) is 0 Å². The molecule has 4 aromatic rings. The predicted molar refractivity (Wildman–Crippen MR) is 181 cm³/mol. The molecule has 3 aliphatic rings. The molecule has 3 fully saturated rings. The highest BCUT2D eigenvalue weighted by Crippen LogP contribution is 2.40. The zero-order valence-electron chi connectivity index (χ0n) is 26.4. The Kier molecular flexibility index (Phi) is 8.69. The summed E-state index contributed by atoms with van der Waals surface area (Å²) in [7, 11) is 3.79. The van der Waals surface area contributed by atoms with E-state index in [1.54, 1.807) is 22.7 Å². The fourth-order valence-corrected chi connectivity index (χ4v) is 8.12. The molecule has 0 amide bonds. The van der Waals surface area contributed by atoms with Crippen LogP contribution >= 0.6 is 34.3 Å². The Bertz CT molecular complexity index is 1630. The van der Waals surface area contributed by atoms with E-state index in [1.165, 1.54) is 0 Å². The molecule has 2 aromatic heterocycles. The van der Waals surface area contributed by atoms with Crippen molar-refractivity contribution in [3.05, 3.63) is 51.4 Å². The first-order valence-corrected chi connectivity index (χ1v) is 17.3. The predicted octanol–water partition coefficient (Wildman–Crippen LogP) is 5.37. The molecule has 0 spiro atoms. The third-order valence-corrected chi connectivity index (χ3v) is 12.4. The van der Waals surface area contributed by atoms with Crippen molar-refractivity contribution >= 4 is 67.3 Å². The number of hydrogen-bond donors (Lipinski definition) is 2. The van der Waals surface area contributed by atoms with Crippen LogP contribution in [-0.4, -0.2) is 88.6 Å². The molecule has 2 aromatic carbocycles. The van der Waals surface area contributed by atoms with Crippen LogP contribution in [0.1, 0.15) is 63.4 Å². The van der Waals surface area contributed by atoms with E-state index in [2.05, 4.69) is 62.6 Å². The summed E-state index contributed by atoms with van der Waals surface area (Å²) >= 11 is 9.13. The van der Waals surface area contributed by atoms with Gasteiger partial charge in [0.15, 0.2) is 0 Å². The number of thiazole rings is 2. The molecule has 0 saturated carbocycles. The monoisotopic (exact) mass is 656 g/mol. The molecule has 0 unspecified atom stereocenters. The summed E-state index contributed by atoms with van der Waals surface area (Å²) in [6.07, 6.45) is 2.95. The molecule has 0 radical (unpaired) electrons. The smallest absolute Gasteiger partial charge is 0.399 e. The largest absolute Gasteiger partial charge is 0.494 e. The highest BCUT2D eigenvalue weighted by Gasteiger charge is 2.51. The molecule has 12 heteroatoms. The summed E-state index contributed by atoms with van der Waals surface area (Å²) in [4.78, 5) is 13.8. The van der Waals surface area contributed by atoms with Crippen molar-refractivity contribution in [2.24, 2.45) is 0 Å². The Morgan fingerprint density at radius 1 is 0.727 bits per heavy atom. The van der Waals surface area contributed by atoms with Crippen molar-refractivity contribution in [2.45, 2.75) is 75.8 Å². The maximum Gasteiger partial charge on any atom is 0.494 e. The third-order valence-electron chi connectivity index (χ3n) is 9.71. The highest BCUT2D eigenvalue weighted by atomic mass is 35.5. The van der Waals surface area contributed by atoms with Crippen LogP contribution in [0.4, 0.5) is 0 Å². The van der Waals surface area contributed by atoms with E-state index in [1.807, 2.05) is 30.3 Å². The number of fused-ring (bicyclic) bond motifs is 2. The molecule has 0 aliphatic carbocycles. The van der Waals surface area contributed by atoms with Crippen LogP contribution < -0.4 is 5.46 Å². The first-order chi connectivity index (χ1) is 20.7. The molecule has 5 heterocycles. The van der Waals surface area contributed by atoms with E-state index < -0.39 is 11.2 Å². The Balaban J connectivity index is 0.000000167. The van der Waals surface area contributed by atoms with Crippen LogP contribution in [-0.2, 0) is 20.5 Å². The minimum atomic E-state index is -0.805. The zero-order chi connectivity index (χ0) is 31.5. The molecule has 2 N–H and O–H groups in total. The molecule has 3 saturated heterocycles. The van der Waals surface area contributed by atoms with Crippen molar-refractivity contribution in [3.63, 3.8) is 0 Å². The van der Waals surface area contributed by atoms with Crippen LogP contribution in [0.2, 0.25) is 5.02 Å². The van der Waals surface area contributed by atoms with E-state index in [0.717, 1.165) is 87.8 Å². The summed E-state index contributed by atoms with van der Waals surface area (Å²) in [6, 6.07) is 11.8. The van der Waals surface area contributed by atoms with E-state index in [-0.39, 0.29) is 18.3 Å². The van der Waals surface area contributed by atoms with Gasteiger partial charge in [0.1, 0.15) is 21.2 Å². The quantitative estimate of drug-likeness (QED) is 0.285. The molecular weight excluding hydrogens is 615 g/mol. The molecule has 7 rings (SSSR count). The summed E-state index contributed by atoms with van der Waals surface area (Å²) < 4.78 is 14.5. The lowest BCUT2D eigenvalue weighted by Crippen LogP contribution is -2.41. The Hall–Kier alpha value is -1.67. The summed E-state index contributed by atoms with van der Waals surface area (Å²) in [6.45, 7) is 11.8. The zero-order valence-corrected chi connectivity index (χ0v) is 28.8. The van der Waals surface area contributed by atoms with E-state index >= 15 is 0 Å². The van der Waals surface area contributed by atoms with E-state index in [4.69, 9.17) is 25.9 Å². The van der Waals surface area contributed by atoms with E-state index in [9.17, 15) is 10.2 Å². The number of aliphatic hydroxyl groups is 2. The molecule has 3 aliphatic heterocycles. The third kappa shape index (κ3) is 6.32. The maximum absolute atomic E-state index is 11.1. The second kappa shape index (κ2) is 11.8. The van der Waals surface area contributed by atoms with Gasteiger partial charge in [-0.05, 0) is 103 Å². The lowest BCUT2D eigenvalue weighted by Gasteiger charge is -2.34. The summed E-state index contributed by atoms with van der Waals surface area (Å²) in [5.74, 6) is 0. The van der Waals surface area contributed by atoms with Gasteiger partial charge in [-0.1, -0.05) is 17.7 Å². The lowest BCUT2D eigenvalue weighted by molar-refractivity contribution is -0.0205. The van der Waals surface area contributed by atoms with Gasteiger partial charge in [0.05, 0.1) is 31.6 Å². The number of rotatable bonds is 3. The first-order valence-electron chi connectivity index (χ1n) is 15.3. The summed E-state index contributed by atoms with van der Waals surface area (Å²) in [5, 5.41) is 24.1. The van der Waals surface area contributed by atoms with Crippen LogP contribution in [0.5, 0.6) is 0 Å². The fraction of sp³-hybridized carbons (Fsp3) is 0.562. The van der Waals surface area contributed by atoms with Gasteiger partial charge < -0.3 is 29.3 Å². The van der Waals surface area contributed by atoms with Crippen LogP contribution in [0.3, 0.4) is 0 Å². The SMILES string of the molecule is CN1CCC(O)(c2nc3cc(B4OC(C)(C)C(C)(C)O4)ccc3s2)CC1.CN1CCC(O)(c2nc3cc(Cl)ccc3s2)CC1. The number of aromatic nitrogens is 2. The maximum atomic E-state index is 11.1. The van der Waals surface area contributed by atoms with Gasteiger partial charge in [0.2, 0.25) is 0 Å². The number of halogens is 1. The summed E-state index contributed by atoms with van der Waals surface area (Å²) in [5.41, 5.74) is 0.484. The molecule has 44 heavy (non-hydrogen) atoms. The molecule has 8 nitrogen and oxygen atoms in total. The van der Waals surface area contributed by atoms with Crippen LogP contribution in [0.15, 0.2) is 36.4 Å². The second-order valence-electron chi connectivity index (χ2n) is 13.6. The number of hydrogen-bond acceptors (Lipinski definition) is 10. The average molecular weight is 657 g/mol. The van der Waals surface area contributed by atoms with Gasteiger partial charge in [-0.3, -0.25) is 0 Å². The first kappa shape index (κ1) is 32.3. The minimum absolute atomic E-state index is 0.358. The van der Waals surface area contributed by atoms with Crippen molar-refractivity contribution in [1.82, 2.24) is 19.8 Å². The Morgan fingerprint density at radius 2 is 1.16 bits per heavy atom. The molecule has 0 atom stereocenters. The van der Waals surface area contributed by atoms with Crippen LogP contribution in [0.25, 0.3) is 20.4 Å². The van der Waals surface area contributed by atoms with E-state index in [0.29, 0.717) is 5.02 Å². The van der Waals surface area contributed by atoms with Gasteiger partial charge in [0.25, 0.3) is 0 Å². The molecule has 0 bridgehead atoms. The number of nitrogens with zero attached hydrogens (tertiary/aromatic N) is 4. The minimum Gasteiger partial charge on any atom is -0.399 e. The van der Waals surface area contributed by atoms with Gasteiger partial charge in [-0.15, -0.1) is 22.7 Å². The normalized spacial score (nSPS) is 23.2. The van der Waals surface area contributed by atoms with Gasteiger partial charge in [0, 0.05) is 31.2 Å². The average Bonchev–Trinajstić information content (AvgIpc) is 3.66. The molecular formula is C32H42BClN4O4S2. The standard InChI is InChI=1S/C19H27BN2O3S.C13H15ClN2OS/c1-17(2)18(3,4)25-20(24-17)13-6-7-15-14(12-13)21-16(26-15)19(23)8-10-22(5)11-9-19;1-16-6-4-13(17,5-7-16)12-15-10-8-9(14)2-3-11(10)18-12/h6-7,12,23H,8-11H2,1-5H3;2-3,8,17H,4-7H2,1H3. The number of piperidine rings is 2.